The van der Waals surface area contributed by atoms with Crippen molar-refractivity contribution in [3.05, 3.63) is 30.2 Å². The molecule has 3 nitrogen and oxygen atoms in total. The fourth-order valence-electron chi connectivity index (χ4n) is 1.03. The summed E-state index contributed by atoms with van der Waals surface area (Å²) in [5.74, 6) is 0. The average molecular weight is 147 g/mol. The third-order valence-corrected chi connectivity index (χ3v) is 1.71. The molecule has 0 saturated carbocycles. The van der Waals surface area contributed by atoms with Crippen LogP contribution in [0.15, 0.2) is 24.7 Å². The van der Waals surface area contributed by atoms with E-state index in [0.29, 0.717) is 0 Å². The fraction of sp³-hybridized carbons (Fsp3) is 0.250. The van der Waals surface area contributed by atoms with E-state index in [1.54, 1.807) is 10.7 Å². The van der Waals surface area contributed by atoms with Crippen LogP contribution in [0.3, 0.4) is 0 Å². The molecule has 0 bridgehead atoms. The van der Waals surface area contributed by atoms with Gasteiger partial charge in [-0.15, -0.1) is 0 Å². The molecule has 0 amide bonds. The topological polar surface area (TPSA) is 30.2 Å². The maximum absolute atomic E-state index is 4.21. The van der Waals surface area contributed by atoms with E-state index < -0.39 is 0 Å². The number of hydrogen-bond acceptors (Lipinski definition) is 2. The van der Waals surface area contributed by atoms with E-state index in [-0.39, 0.29) is 0 Å². The summed E-state index contributed by atoms with van der Waals surface area (Å²) in [6.45, 7) is 2.10. The molecule has 56 valence electrons. The lowest BCUT2D eigenvalue weighted by atomic mass is 10.3. The molecule has 0 atom stereocenters. The van der Waals surface area contributed by atoms with E-state index in [4.69, 9.17) is 0 Å². The van der Waals surface area contributed by atoms with Crippen LogP contribution in [0.2, 0.25) is 0 Å². The van der Waals surface area contributed by atoms with Gasteiger partial charge in [0.2, 0.25) is 0 Å². The highest BCUT2D eigenvalue weighted by atomic mass is 15.2. The van der Waals surface area contributed by atoms with Crippen LogP contribution in [-0.2, 0) is 6.42 Å². The predicted molar refractivity (Wildman–Crippen MR) is 42.4 cm³/mol. The molecule has 2 rings (SSSR count). The lowest BCUT2D eigenvalue weighted by Crippen LogP contribution is -1.92. The molecular weight excluding hydrogens is 138 g/mol. The monoisotopic (exact) mass is 147 g/mol. The molecule has 2 aromatic rings. The summed E-state index contributed by atoms with van der Waals surface area (Å²) < 4.78 is 1.79. The Morgan fingerprint density at radius 1 is 1.55 bits per heavy atom. The normalized spacial score (nSPS) is 10.6. The van der Waals surface area contributed by atoms with Crippen molar-refractivity contribution in [2.45, 2.75) is 13.3 Å². The smallest absolute Gasteiger partial charge is 0.154 e. The maximum atomic E-state index is 4.21. The minimum atomic E-state index is 0.905. The first-order valence-corrected chi connectivity index (χ1v) is 3.68. The zero-order valence-corrected chi connectivity index (χ0v) is 6.36. The summed E-state index contributed by atoms with van der Waals surface area (Å²) in [4.78, 5) is 4.21. The highest BCUT2D eigenvalue weighted by molar-refractivity contribution is 5.35. The molecule has 0 saturated heterocycles. The van der Waals surface area contributed by atoms with E-state index in [1.807, 2.05) is 18.5 Å². The van der Waals surface area contributed by atoms with Crippen molar-refractivity contribution in [2.75, 3.05) is 0 Å². The Bertz CT molecular complexity index is 364. The summed E-state index contributed by atoms with van der Waals surface area (Å²) in [5, 5.41) is 4.08. The molecule has 0 spiro atoms. The highest BCUT2D eigenvalue weighted by Gasteiger charge is 1.94. The average Bonchev–Trinajstić information content (AvgIpc) is 2.50. The molecule has 0 aliphatic heterocycles. The van der Waals surface area contributed by atoms with E-state index in [1.165, 1.54) is 5.56 Å². The summed E-state index contributed by atoms with van der Waals surface area (Å²) in [5.41, 5.74) is 2.11. The second-order valence-corrected chi connectivity index (χ2v) is 2.45. The van der Waals surface area contributed by atoms with Gasteiger partial charge in [0.25, 0.3) is 0 Å². The van der Waals surface area contributed by atoms with Gasteiger partial charge < -0.3 is 0 Å². The van der Waals surface area contributed by atoms with Crippen LogP contribution in [0.1, 0.15) is 12.5 Å². The van der Waals surface area contributed by atoms with Crippen LogP contribution in [0.5, 0.6) is 0 Å². The van der Waals surface area contributed by atoms with Crippen molar-refractivity contribution < 1.29 is 0 Å². The number of hydrogen-bond donors (Lipinski definition) is 0. The third-order valence-electron chi connectivity index (χ3n) is 1.71. The highest BCUT2D eigenvalue weighted by Crippen LogP contribution is 2.01. The van der Waals surface area contributed by atoms with Crippen molar-refractivity contribution in [3.8, 4) is 0 Å². The summed E-state index contributed by atoms with van der Waals surface area (Å²) in [7, 11) is 0. The molecule has 3 heteroatoms. The van der Waals surface area contributed by atoms with E-state index >= 15 is 0 Å². The molecule has 0 aliphatic carbocycles. The molecular formula is C8H9N3. The third kappa shape index (κ3) is 0.981. The van der Waals surface area contributed by atoms with Gasteiger partial charge in [-0.25, -0.2) is 9.50 Å². The molecule has 2 aromatic heterocycles. The molecule has 0 fully saturated rings. The van der Waals surface area contributed by atoms with Gasteiger partial charge in [0.15, 0.2) is 5.65 Å². The Morgan fingerprint density at radius 2 is 2.45 bits per heavy atom. The molecule has 2 heterocycles. The van der Waals surface area contributed by atoms with Gasteiger partial charge in [0.05, 0.1) is 6.20 Å². The van der Waals surface area contributed by atoms with Crippen LogP contribution in [-0.4, -0.2) is 14.6 Å². The van der Waals surface area contributed by atoms with Crippen LogP contribution < -0.4 is 0 Å². The van der Waals surface area contributed by atoms with Gasteiger partial charge in [-0.3, -0.25) is 0 Å². The van der Waals surface area contributed by atoms with E-state index in [2.05, 4.69) is 17.0 Å². The number of aromatic nitrogens is 3. The molecule has 11 heavy (non-hydrogen) atoms. The molecule has 0 N–H and O–H groups in total. The number of aryl methyl sites for hydroxylation is 1. The van der Waals surface area contributed by atoms with Gasteiger partial charge >= 0.3 is 0 Å². The Balaban J connectivity index is 2.67. The van der Waals surface area contributed by atoms with Gasteiger partial charge in [0, 0.05) is 18.5 Å². The van der Waals surface area contributed by atoms with Crippen molar-refractivity contribution in [1.82, 2.24) is 14.6 Å². The predicted octanol–water partition coefficient (Wildman–Crippen LogP) is 1.29. The number of nitrogens with zero attached hydrogens (tertiary/aromatic N) is 3. The first kappa shape index (κ1) is 6.34. The fourth-order valence-corrected chi connectivity index (χ4v) is 1.03. The maximum Gasteiger partial charge on any atom is 0.154 e. The van der Waals surface area contributed by atoms with Crippen molar-refractivity contribution >= 4 is 5.65 Å². The van der Waals surface area contributed by atoms with Gasteiger partial charge in [-0.2, -0.15) is 5.10 Å². The molecule has 0 aliphatic rings. The Hall–Kier alpha value is -1.38. The molecule has 0 unspecified atom stereocenters. The zero-order valence-electron chi connectivity index (χ0n) is 6.36. The molecule has 0 aromatic carbocycles. The quantitative estimate of drug-likeness (QED) is 0.608. The number of rotatable bonds is 1. The second kappa shape index (κ2) is 2.34. The van der Waals surface area contributed by atoms with Gasteiger partial charge in [-0.05, 0) is 12.0 Å². The summed E-state index contributed by atoms with van der Waals surface area (Å²) in [6.07, 6.45) is 6.64. The van der Waals surface area contributed by atoms with Crippen LogP contribution >= 0.6 is 0 Å². The zero-order chi connectivity index (χ0) is 7.68. The Kier molecular flexibility index (Phi) is 1.35. The standard InChI is InChI=1S/C8H9N3/c1-2-7-5-9-8-3-4-10-11(8)6-7/h3-6H,2H2,1H3. The largest absolute Gasteiger partial charge is 0.237 e. The first-order chi connectivity index (χ1) is 5.40. The van der Waals surface area contributed by atoms with E-state index in [0.717, 1.165) is 12.1 Å². The summed E-state index contributed by atoms with van der Waals surface area (Å²) in [6, 6.07) is 1.89. The van der Waals surface area contributed by atoms with Crippen molar-refractivity contribution in [3.63, 3.8) is 0 Å². The minimum Gasteiger partial charge on any atom is -0.237 e. The van der Waals surface area contributed by atoms with Gasteiger partial charge in [-0.1, -0.05) is 6.92 Å². The second-order valence-electron chi connectivity index (χ2n) is 2.45. The Morgan fingerprint density at radius 3 is 3.27 bits per heavy atom. The lowest BCUT2D eigenvalue weighted by Gasteiger charge is -1.95. The SMILES string of the molecule is CCc1cnc2ccnn2c1. The van der Waals surface area contributed by atoms with Crippen LogP contribution in [0.25, 0.3) is 5.65 Å². The van der Waals surface area contributed by atoms with Crippen molar-refractivity contribution in [2.24, 2.45) is 0 Å². The lowest BCUT2D eigenvalue weighted by molar-refractivity contribution is 0.910. The van der Waals surface area contributed by atoms with Gasteiger partial charge in [0.1, 0.15) is 0 Å². The molecule has 0 radical (unpaired) electrons. The van der Waals surface area contributed by atoms with Crippen LogP contribution in [0.4, 0.5) is 0 Å². The number of fused-ring (bicyclic) bond motifs is 1. The van der Waals surface area contributed by atoms with E-state index in [9.17, 15) is 0 Å². The first-order valence-electron chi connectivity index (χ1n) is 3.68. The van der Waals surface area contributed by atoms with Crippen LogP contribution in [0, 0.1) is 0 Å². The van der Waals surface area contributed by atoms with Crippen molar-refractivity contribution in [1.29, 1.82) is 0 Å². The minimum absolute atomic E-state index is 0.905. The summed E-state index contributed by atoms with van der Waals surface area (Å²) >= 11 is 0. The Labute approximate surface area is 64.7 Å².